The summed E-state index contributed by atoms with van der Waals surface area (Å²) in [5.41, 5.74) is -3.36. The predicted molar refractivity (Wildman–Crippen MR) is 153 cm³/mol. The van der Waals surface area contributed by atoms with Gasteiger partial charge in [0, 0.05) is 6.10 Å². The molecule has 0 heterocycles. The molecule has 2 aliphatic carbocycles. The van der Waals surface area contributed by atoms with Crippen molar-refractivity contribution in [3.63, 3.8) is 0 Å². The Labute approximate surface area is 235 Å². The zero-order valence-electron chi connectivity index (χ0n) is 24.9. The molecule has 1 aromatic carbocycles. The maximum absolute atomic E-state index is 14.0. The van der Waals surface area contributed by atoms with Crippen LogP contribution in [0.25, 0.3) is 0 Å². The molecule has 0 aromatic heterocycles. The lowest BCUT2D eigenvalue weighted by atomic mass is 9.61. The summed E-state index contributed by atoms with van der Waals surface area (Å²) in [6.07, 6.45) is 0.293. The minimum atomic E-state index is -5.08. The van der Waals surface area contributed by atoms with Crippen LogP contribution in [0.1, 0.15) is 86.5 Å². The van der Waals surface area contributed by atoms with Crippen molar-refractivity contribution in [2.24, 2.45) is 23.2 Å². The molecule has 1 aromatic rings. The Bertz CT molecular complexity index is 1080. The second-order valence-electron chi connectivity index (χ2n) is 14.2. The van der Waals surface area contributed by atoms with Gasteiger partial charge in [-0.15, -0.1) is 0 Å². The number of sulfone groups is 1. The van der Waals surface area contributed by atoms with Crippen LogP contribution >= 0.6 is 0 Å². The summed E-state index contributed by atoms with van der Waals surface area (Å²) in [7, 11) is -6.39. The van der Waals surface area contributed by atoms with E-state index in [0.717, 1.165) is 32.1 Å². The third kappa shape index (κ3) is 6.31. The summed E-state index contributed by atoms with van der Waals surface area (Å²) in [5, 5.41) is 8.74. The molecule has 7 atom stereocenters. The van der Waals surface area contributed by atoms with Crippen molar-refractivity contribution < 1.29 is 31.1 Å². The molecule has 224 valence electrons. The van der Waals surface area contributed by atoms with Crippen LogP contribution in [0.3, 0.4) is 0 Å². The highest BCUT2D eigenvalue weighted by molar-refractivity contribution is 7.92. The van der Waals surface area contributed by atoms with E-state index in [9.17, 15) is 26.7 Å². The molecule has 2 aliphatic rings. The van der Waals surface area contributed by atoms with Crippen molar-refractivity contribution >= 4 is 18.2 Å². The number of aliphatic hydroxyl groups is 1. The molecule has 0 radical (unpaired) electrons. The number of hydrogen-bond acceptors (Lipinski definition) is 4. The molecule has 2 saturated carbocycles. The van der Waals surface area contributed by atoms with Crippen molar-refractivity contribution in [1.29, 1.82) is 0 Å². The average Bonchev–Trinajstić information content (AvgIpc) is 3.15. The number of hydrogen-bond donors (Lipinski definition) is 1. The largest absolute Gasteiger partial charge is 0.418 e. The topological polar surface area (TPSA) is 63.6 Å². The molecule has 0 amide bonds. The van der Waals surface area contributed by atoms with Gasteiger partial charge in [0.1, 0.15) is 5.25 Å². The second-order valence-corrected chi connectivity index (χ2v) is 21.0. The van der Waals surface area contributed by atoms with Crippen LogP contribution < -0.4 is 0 Å². The smallest absolute Gasteiger partial charge is 0.414 e. The number of fused-ring (bicyclic) bond motifs is 1. The fourth-order valence-corrected chi connectivity index (χ4v) is 10.5. The Hall–Kier alpha value is -0.903. The SMILES string of the molecule is CC(CC[C@H](C(C)(O)C(F)(F)F)S(=O)(=O)c1ccccc1)[C@H]1CC[C@H]2[C@@H](O[Si](C)(C)C(C)(C)C)CCC[C@]12C. The van der Waals surface area contributed by atoms with Gasteiger partial charge in [0.2, 0.25) is 0 Å². The van der Waals surface area contributed by atoms with Gasteiger partial charge in [-0.05, 0) is 98.9 Å². The van der Waals surface area contributed by atoms with Crippen LogP contribution in [-0.2, 0) is 14.3 Å². The molecule has 4 nitrogen and oxygen atoms in total. The van der Waals surface area contributed by atoms with Gasteiger partial charge in [0.25, 0.3) is 0 Å². The quantitative estimate of drug-likeness (QED) is 0.295. The monoisotopic (exact) mass is 590 g/mol. The van der Waals surface area contributed by atoms with Gasteiger partial charge < -0.3 is 9.53 Å². The molecule has 0 aliphatic heterocycles. The lowest BCUT2D eigenvalue weighted by molar-refractivity contribution is -0.253. The highest BCUT2D eigenvalue weighted by Crippen LogP contribution is 2.59. The van der Waals surface area contributed by atoms with E-state index >= 15 is 0 Å². The molecule has 0 spiro atoms. The van der Waals surface area contributed by atoms with Gasteiger partial charge in [0.05, 0.1) is 4.90 Å². The van der Waals surface area contributed by atoms with E-state index in [-0.39, 0.29) is 39.7 Å². The van der Waals surface area contributed by atoms with Crippen LogP contribution in [0, 0.1) is 23.2 Å². The Morgan fingerprint density at radius 1 is 1.05 bits per heavy atom. The maximum atomic E-state index is 14.0. The van der Waals surface area contributed by atoms with Gasteiger partial charge >= 0.3 is 6.18 Å². The van der Waals surface area contributed by atoms with Crippen LogP contribution in [0.2, 0.25) is 18.1 Å². The van der Waals surface area contributed by atoms with E-state index in [1.54, 1.807) is 6.07 Å². The molecule has 39 heavy (non-hydrogen) atoms. The second kappa shape index (κ2) is 11.1. The van der Waals surface area contributed by atoms with E-state index in [1.165, 1.54) is 24.3 Å². The van der Waals surface area contributed by atoms with Gasteiger partial charge in [-0.25, -0.2) is 8.42 Å². The third-order valence-electron chi connectivity index (χ3n) is 10.6. The summed E-state index contributed by atoms with van der Waals surface area (Å²) >= 11 is 0. The fraction of sp³-hybridized carbons (Fsp3) is 0.800. The zero-order valence-corrected chi connectivity index (χ0v) is 26.8. The van der Waals surface area contributed by atoms with E-state index < -0.39 is 35.2 Å². The summed E-state index contributed by atoms with van der Waals surface area (Å²) in [6.45, 7) is 16.3. The zero-order chi connectivity index (χ0) is 29.7. The first kappa shape index (κ1) is 32.6. The minimum Gasteiger partial charge on any atom is -0.414 e. The van der Waals surface area contributed by atoms with Crippen LogP contribution in [0.4, 0.5) is 13.2 Å². The third-order valence-corrected chi connectivity index (χ3v) is 17.5. The summed E-state index contributed by atoms with van der Waals surface area (Å²) < 4.78 is 75.7. The molecule has 2 unspecified atom stereocenters. The number of rotatable bonds is 9. The molecule has 0 bridgehead atoms. The van der Waals surface area contributed by atoms with Crippen molar-refractivity contribution in [2.75, 3.05) is 0 Å². The lowest BCUT2D eigenvalue weighted by Gasteiger charge is -2.50. The van der Waals surface area contributed by atoms with Gasteiger partial charge in [-0.2, -0.15) is 13.2 Å². The van der Waals surface area contributed by atoms with E-state index in [1.807, 2.05) is 6.92 Å². The summed E-state index contributed by atoms with van der Waals surface area (Å²) in [5.74, 6) is 0.684. The average molecular weight is 591 g/mol. The predicted octanol–water partition coefficient (Wildman–Crippen LogP) is 8.17. The Morgan fingerprint density at radius 2 is 1.64 bits per heavy atom. The van der Waals surface area contributed by atoms with Crippen molar-refractivity contribution in [2.45, 2.75) is 133 Å². The summed E-state index contributed by atoms with van der Waals surface area (Å²) in [4.78, 5) is -0.196. The fourth-order valence-electron chi connectivity index (χ4n) is 7.10. The first-order valence-corrected chi connectivity index (χ1v) is 18.9. The number of halogens is 3. The van der Waals surface area contributed by atoms with Crippen molar-refractivity contribution in [3.05, 3.63) is 30.3 Å². The number of benzene rings is 1. The van der Waals surface area contributed by atoms with Gasteiger partial charge in [0.15, 0.2) is 23.8 Å². The Kier molecular flexibility index (Phi) is 9.25. The highest BCUT2D eigenvalue weighted by atomic mass is 32.2. The highest BCUT2D eigenvalue weighted by Gasteiger charge is 2.60. The van der Waals surface area contributed by atoms with Crippen LogP contribution in [-0.4, -0.2) is 45.0 Å². The summed E-state index contributed by atoms with van der Waals surface area (Å²) in [6, 6.07) is 7.18. The van der Waals surface area contributed by atoms with E-state index in [4.69, 9.17) is 4.43 Å². The van der Waals surface area contributed by atoms with Gasteiger partial charge in [-0.1, -0.05) is 59.2 Å². The molecule has 2 fully saturated rings. The van der Waals surface area contributed by atoms with Crippen molar-refractivity contribution in [1.82, 2.24) is 0 Å². The molecule has 0 saturated heterocycles. The molecule has 1 N–H and O–H groups in total. The van der Waals surface area contributed by atoms with Gasteiger partial charge in [-0.3, -0.25) is 0 Å². The standard InChI is InChI=1S/C30H49F3O4SSi/c1-21(16-19-26(29(6,34)30(31,32)33)38(35,36)22-13-10-9-11-14-22)23-17-18-24-25(15-12-20-28(23,24)5)37-39(7,8)27(2,3)4/h9-11,13-14,21,23-26,34H,12,15-20H2,1-8H3/t21?,23-,24+,25+,26-,28-,29?/m1/s1. The molecular weight excluding hydrogens is 541 g/mol. The maximum Gasteiger partial charge on any atom is 0.418 e. The Morgan fingerprint density at radius 3 is 2.18 bits per heavy atom. The van der Waals surface area contributed by atoms with Crippen LogP contribution in [0.15, 0.2) is 35.2 Å². The van der Waals surface area contributed by atoms with E-state index in [0.29, 0.717) is 19.3 Å². The Balaban J connectivity index is 1.82. The first-order chi connectivity index (χ1) is 17.7. The van der Waals surface area contributed by atoms with Crippen LogP contribution in [0.5, 0.6) is 0 Å². The minimum absolute atomic E-state index is 0.00500. The van der Waals surface area contributed by atoms with E-state index in [2.05, 4.69) is 40.8 Å². The molecular formula is C30H49F3O4SSi. The van der Waals surface area contributed by atoms with Crippen molar-refractivity contribution in [3.8, 4) is 0 Å². The number of alkyl halides is 3. The normalized spacial score (nSPS) is 29.9. The lowest BCUT2D eigenvalue weighted by Crippen LogP contribution is -2.55. The molecule has 9 heteroatoms. The first-order valence-electron chi connectivity index (χ1n) is 14.4. The molecule has 3 rings (SSSR count).